The van der Waals surface area contributed by atoms with Crippen LogP contribution in [0, 0.1) is 0 Å². The lowest BCUT2D eigenvalue weighted by atomic mass is 10.2. The fourth-order valence-electron chi connectivity index (χ4n) is 1.98. The molecular weight excluding hydrogens is 444 g/mol. The van der Waals surface area contributed by atoms with Gasteiger partial charge in [0.05, 0.1) is 4.48 Å². The highest BCUT2D eigenvalue weighted by Crippen LogP contribution is 2.10. The van der Waals surface area contributed by atoms with E-state index in [1.54, 1.807) is 41.5 Å². The number of hydrogen-bond donors (Lipinski definition) is 2. The molecule has 0 bridgehead atoms. The van der Waals surface area contributed by atoms with E-state index in [-0.39, 0.29) is 42.4 Å². The zero-order valence-electron chi connectivity index (χ0n) is 18.1. The number of hydrogen-bond acceptors (Lipinski definition) is 6. The van der Waals surface area contributed by atoms with Crippen LogP contribution in [0.2, 0.25) is 0 Å². The molecule has 0 unspecified atom stereocenters. The Morgan fingerprint density at radius 1 is 0.793 bits per heavy atom. The van der Waals surface area contributed by atoms with Crippen LogP contribution in [0.4, 0.5) is 0 Å². The summed E-state index contributed by atoms with van der Waals surface area (Å²) in [6.07, 6.45) is 2.37. The highest BCUT2D eigenvalue weighted by Gasteiger charge is 2.17. The Bertz CT molecular complexity index is 617. The smallest absolute Gasteiger partial charge is 0.306 e. The van der Waals surface area contributed by atoms with Crippen LogP contribution in [0.25, 0.3) is 0 Å². The second-order valence-corrected chi connectivity index (χ2v) is 9.27. The first-order valence-electron chi connectivity index (χ1n) is 9.56. The van der Waals surface area contributed by atoms with Gasteiger partial charge in [0.2, 0.25) is 5.91 Å². The molecule has 0 aromatic heterocycles. The number of rotatable bonds is 10. The molecule has 0 aromatic carbocycles. The SMILES string of the molecule is CC(C)(C)OC(=O)CCCNC(=O)/C=C(\Br)C(=O)NCCCC(=O)OC(C)(C)C. The third-order valence-corrected chi connectivity index (χ3v) is 3.60. The van der Waals surface area contributed by atoms with Crippen molar-refractivity contribution in [2.75, 3.05) is 13.1 Å². The summed E-state index contributed by atoms with van der Waals surface area (Å²) < 4.78 is 10.4. The maximum absolute atomic E-state index is 11.9. The van der Waals surface area contributed by atoms with Crippen molar-refractivity contribution in [1.29, 1.82) is 0 Å². The van der Waals surface area contributed by atoms with Crippen molar-refractivity contribution >= 4 is 39.7 Å². The lowest BCUT2D eigenvalue weighted by molar-refractivity contribution is -0.156. The number of nitrogens with one attached hydrogen (secondary N) is 2. The molecule has 9 heteroatoms. The van der Waals surface area contributed by atoms with Gasteiger partial charge in [-0.15, -0.1) is 0 Å². The molecule has 0 aromatic rings. The molecule has 0 aliphatic rings. The Hall–Kier alpha value is -1.90. The van der Waals surface area contributed by atoms with Crippen LogP contribution in [-0.2, 0) is 28.7 Å². The van der Waals surface area contributed by atoms with Gasteiger partial charge in [-0.05, 0) is 70.3 Å². The maximum atomic E-state index is 11.9. The van der Waals surface area contributed by atoms with Crippen LogP contribution in [0.5, 0.6) is 0 Å². The molecule has 0 aliphatic heterocycles. The van der Waals surface area contributed by atoms with Gasteiger partial charge in [-0.3, -0.25) is 19.2 Å². The van der Waals surface area contributed by atoms with Crippen molar-refractivity contribution in [3.05, 3.63) is 10.6 Å². The zero-order chi connectivity index (χ0) is 22.7. The number of ether oxygens (including phenoxy) is 2. The summed E-state index contributed by atoms with van der Waals surface area (Å²) >= 11 is 3.05. The minimum absolute atomic E-state index is 0.0689. The van der Waals surface area contributed by atoms with E-state index < -0.39 is 23.0 Å². The maximum Gasteiger partial charge on any atom is 0.306 e. The zero-order valence-corrected chi connectivity index (χ0v) is 19.7. The van der Waals surface area contributed by atoms with E-state index in [0.29, 0.717) is 12.8 Å². The fourth-order valence-corrected chi connectivity index (χ4v) is 2.33. The quantitative estimate of drug-likeness (QED) is 0.285. The van der Waals surface area contributed by atoms with E-state index in [9.17, 15) is 19.2 Å². The number of esters is 2. The Morgan fingerprint density at radius 2 is 1.21 bits per heavy atom. The molecule has 0 radical (unpaired) electrons. The van der Waals surface area contributed by atoms with Crippen LogP contribution < -0.4 is 10.6 Å². The first kappa shape index (κ1) is 27.1. The summed E-state index contributed by atoms with van der Waals surface area (Å²) in [5.41, 5.74) is -1.07. The molecule has 0 saturated carbocycles. The lowest BCUT2D eigenvalue weighted by Gasteiger charge is -2.19. The average Bonchev–Trinajstić information content (AvgIpc) is 2.52. The second kappa shape index (κ2) is 12.6. The third kappa shape index (κ3) is 16.7. The number of carbonyl (C=O) groups is 4. The van der Waals surface area contributed by atoms with Gasteiger partial charge in [-0.25, -0.2) is 0 Å². The minimum Gasteiger partial charge on any atom is -0.460 e. The summed E-state index contributed by atoms with van der Waals surface area (Å²) in [4.78, 5) is 46.9. The summed E-state index contributed by atoms with van der Waals surface area (Å²) in [5.74, 6) is -1.57. The summed E-state index contributed by atoms with van der Waals surface area (Å²) in [6.45, 7) is 11.3. The highest BCUT2D eigenvalue weighted by molar-refractivity contribution is 9.12. The summed E-state index contributed by atoms with van der Waals surface area (Å²) in [5, 5.41) is 5.20. The van der Waals surface area contributed by atoms with Crippen molar-refractivity contribution in [2.24, 2.45) is 0 Å². The fraction of sp³-hybridized carbons (Fsp3) is 0.700. The first-order chi connectivity index (χ1) is 13.2. The molecule has 8 nitrogen and oxygen atoms in total. The molecule has 166 valence electrons. The first-order valence-corrected chi connectivity index (χ1v) is 10.4. The lowest BCUT2D eigenvalue weighted by Crippen LogP contribution is -2.28. The number of halogens is 1. The van der Waals surface area contributed by atoms with E-state index in [1.807, 2.05) is 0 Å². The van der Waals surface area contributed by atoms with E-state index in [2.05, 4.69) is 26.6 Å². The molecule has 0 rings (SSSR count). The van der Waals surface area contributed by atoms with E-state index in [4.69, 9.17) is 9.47 Å². The van der Waals surface area contributed by atoms with Gasteiger partial charge in [0, 0.05) is 32.0 Å². The van der Waals surface area contributed by atoms with E-state index in [1.165, 1.54) is 0 Å². The average molecular weight is 477 g/mol. The van der Waals surface area contributed by atoms with Crippen molar-refractivity contribution in [3.8, 4) is 0 Å². The molecule has 0 spiro atoms. The topological polar surface area (TPSA) is 111 Å². The van der Waals surface area contributed by atoms with Gasteiger partial charge in [0.1, 0.15) is 11.2 Å². The largest absolute Gasteiger partial charge is 0.460 e. The van der Waals surface area contributed by atoms with Gasteiger partial charge in [-0.2, -0.15) is 0 Å². The van der Waals surface area contributed by atoms with Crippen LogP contribution in [0.3, 0.4) is 0 Å². The van der Waals surface area contributed by atoms with Crippen LogP contribution >= 0.6 is 15.9 Å². The van der Waals surface area contributed by atoms with Gasteiger partial charge in [0.25, 0.3) is 5.91 Å². The molecule has 29 heavy (non-hydrogen) atoms. The normalized spacial score (nSPS) is 12.2. The summed E-state index contributed by atoms with van der Waals surface area (Å²) in [7, 11) is 0. The Kier molecular flexibility index (Phi) is 11.8. The number of amides is 2. The third-order valence-electron chi connectivity index (χ3n) is 3.01. The van der Waals surface area contributed by atoms with Crippen LogP contribution in [0.15, 0.2) is 10.6 Å². The van der Waals surface area contributed by atoms with Gasteiger partial charge >= 0.3 is 11.9 Å². The molecule has 2 N–H and O–H groups in total. The molecular formula is C20H33BrN2O6. The van der Waals surface area contributed by atoms with Gasteiger partial charge in [0.15, 0.2) is 0 Å². The predicted octanol–water partition coefficient (Wildman–Crippen LogP) is 2.74. The van der Waals surface area contributed by atoms with Gasteiger partial charge in [-0.1, -0.05) is 0 Å². The molecule has 0 saturated heterocycles. The van der Waals surface area contributed by atoms with E-state index >= 15 is 0 Å². The van der Waals surface area contributed by atoms with Gasteiger partial charge < -0.3 is 20.1 Å². The highest BCUT2D eigenvalue weighted by atomic mass is 79.9. The predicted molar refractivity (Wildman–Crippen MR) is 113 cm³/mol. The van der Waals surface area contributed by atoms with Crippen molar-refractivity contribution in [3.63, 3.8) is 0 Å². The number of carbonyl (C=O) groups excluding carboxylic acids is 4. The molecule has 2 amide bonds. The molecule has 0 atom stereocenters. The van der Waals surface area contributed by atoms with Crippen molar-refractivity contribution in [1.82, 2.24) is 10.6 Å². The van der Waals surface area contributed by atoms with Crippen molar-refractivity contribution < 1.29 is 28.7 Å². The monoisotopic (exact) mass is 476 g/mol. The minimum atomic E-state index is -0.535. The summed E-state index contributed by atoms with van der Waals surface area (Å²) in [6, 6.07) is 0. The molecule has 0 aliphatic carbocycles. The van der Waals surface area contributed by atoms with Crippen molar-refractivity contribution in [2.45, 2.75) is 78.4 Å². The Morgan fingerprint density at radius 3 is 1.62 bits per heavy atom. The standard InChI is InChI=1S/C20H33BrN2O6/c1-19(2,3)28-16(25)9-7-11-22-15(24)13-14(21)18(27)23-12-8-10-17(26)29-20(4,5)6/h13H,7-12H2,1-6H3,(H,22,24)(H,23,27)/b14-13-. The van der Waals surface area contributed by atoms with E-state index in [0.717, 1.165) is 6.08 Å². The van der Waals surface area contributed by atoms with Crippen LogP contribution in [0.1, 0.15) is 67.2 Å². The molecule has 0 heterocycles. The molecule has 0 fully saturated rings. The second-order valence-electron chi connectivity index (χ2n) is 8.42. The van der Waals surface area contributed by atoms with Crippen LogP contribution in [-0.4, -0.2) is 48.0 Å². The Balaban J connectivity index is 4.07. The Labute approximate surface area is 181 Å².